The SMILES string of the molecule is COCCNCc1cc(Br)cc(C)c1OCCCC#N. The Kier molecular flexibility index (Phi) is 8.28. The minimum Gasteiger partial charge on any atom is -0.493 e. The summed E-state index contributed by atoms with van der Waals surface area (Å²) >= 11 is 3.51. The van der Waals surface area contributed by atoms with Gasteiger partial charge in [0.05, 0.1) is 19.3 Å². The molecule has 0 aliphatic rings. The first-order valence-corrected chi connectivity index (χ1v) is 7.46. The molecule has 0 radical (unpaired) electrons. The van der Waals surface area contributed by atoms with Crippen molar-refractivity contribution in [2.75, 3.05) is 26.9 Å². The van der Waals surface area contributed by atoms with Crippen LogP contribution in [0.15, 0.2) is 16.6 Å². The van der Waals surface area contributed by atoms with E-state index in [1.54, 1.807) is 7.11 Å². The highest BCUT2D eigenvalue weighted by Crippen LogP contribution is 2.28. The summed E-state index contributed by atoms with van der Waals surface area (Å²) in [7, 11) is 1.69. The molecule has 20 heavy (non-hydrogen) atoms. The van der Waals surface area contributed by atoms with Gasteiger partial charge in [-0.3, -0.25) is 0 Å². The van der Waals surface area contributed by atoms with Crippen molar-refractivity contribution in [2.45, 2.75) is 26.3 Å². The third-order valence-corrected chi connectivity index (χ3v) is 3.25. The fraction of sp³-hybridized carbons (Fsp3) is 0.533. The largest absolute Gasteiger partial charge is 0.493 e. The normalized spacial score (nSPS) is 10.3. The van der Waals surface area contributed by atoms with Crippen molar-refractivity contribution in [3.63, 3.8) is 0 Å². The van der Waals surface area contributed by atoms with E-state index in [1.807, 2.05) is 13.0 Å². The molecule has 110 valence electrons. The number of rotatable bonds is 9. The molecule has 0 fully saturated rings. The molecule has 4 nitrogen and oxygen atoms in total. The van der Waals surface area contributed by atoms with Gasteiger partial charge in [-0.1, -0.05) is 15.9 Å². The Morgan fingerprint density at radius 2 is 2.15 bits per heavy atom. The van der Waals surface area contributed by atoms with Crippen LogP contribution in [-0.2, 0) is 11.3 Å². The predicted octanol–water partition coefficient (Wildman–Crippen LogP) is 3.18. The second kappa shape index (κ2) is 9.76. The van der Waals surface area contributed by atoms with Gasteiger partial charge in [-0.15, -0.1) is 0 Å². The third-order valence-electron chi connectivity index (χ3n) is 2.79. The fourth-order valence-corrected chi connectivity index (χ4v) is 2.48. The molecule has 0 aliphatic carbocycles. The van der Waals surface area contributed by atoms with E-state index in [1.165, 1.54) is 0 Å². The Balaban J connectivity index is 2.66. The molecule has 1 aromatic rings. The summed E-state index contributed by atoms with van der Waals surface area (Å²) < 4.78 is 11.9. The van der Waals surface area contributed by atoms with E-state index in [0.29, 0.717) is 19.6 Å². The molecule has 1 rings (SSSR count). The van der Waals surface area contributed by atoms with Gasteiger partial charge < -0.3 is 14.8 Å². The number of methoxy groups -OCH3 is 1. The lowest BCUT2D eigenvalue weighted by atomic mass is 10.1. The Bertz CT molecular complexity index is 458. The van der Waals surface area contributed by atoms with E-state index < -0.39 is 0 Å². The van der Waals surface area contributed by atoms with Gasteiger partial charge in [-0.05, 0) is 31.0 Å². The molecule has 0 amide bonds. The topological polar surface area (TPSA) is 54.3 Å². The van der Waals surface area contributed by atoms with Crippen LogP contribution >= 0.6 is 15.9 Å². The Hall–Kier alpha value is -1.09. The molecule has 0 atom stereocenters. The Morgan fingerprint density at radius 3 is 2.85 bits per heavy atom. The van der Waals surface area contributed by atoms with Gasteiger partial charge in [0.1, 0.15) is 5.75 Å². The summed E-state index contributed by atoms with van der Waals surface area (Å²) in [6, 6.07) is 6.23. The fourth-order valence-electron chi connectivity index (χ4n) is 1.86. The molecule has 0 bridgehead atoms. The number of ether oxygens (including phenoxy) is 2. The quantitative estimate of drug-likeness (QED) is 0.701. The van der Waals surface area contributed by atoms with Crippen molar-refractivity contribution in [1.29, 1.82) is 5.26 Å². The summed E-state index contributed by atoms with van der Waals surface area (Å²) in [6.45, 7) is 4.82. The molecule has 0 aliphatic heterocycles. The first-order valence-electron chi connectivity index (χ1n) is 6.67. The number of hydrogen-bond donors (Lipinski definition) is 1. The van der Waals surface area contributed by atoms with Gasteiger partial charge in [0.2, 0.25) is 0 Å². The summed E-state index contributed by atoms with van der Waals surface area (Å²) in [6.07, 6.45) is 1.28. The van der Waals surface area contributed by atoms with E-state index >= 15 is 0 Å². The average molecular weight is 341 g/mol. The monoisotopic (exact) mass is 340 g/mol. The van der Waals surface area contributed by atoms with Crippen molar-refractivity contribution in [1.82, 2.24) is 5.32 Å². The van der Waals surface area contributed by atoms with E-state index in [9.17, 15) is 0 Å². The number of nitrogens with one attached hydrogen (secondary N) is 1. The number of halogens is 1. The van der Waals surface area contributed by atoms with E-state index in [-0.39, 0.29) is 0 Å². The maximum absolute atomic E-state index is 8.54. The van der Waals surface area contributed by atoms with Crippen LogP contribution < -0.4 is 10.1 Å². The molecular weight excluding hydrogens is 320 g/mol. The Morgan fingerprint density at radius 1 is 1.35 bits per heavy atom. The molecule has 5 heteroatoms. The second-order valence-corrected chi connectivity index (χ2v) is 5.41. The van der Waals surface area contributed by atoms with Crippen LogP contribution in [0.25, 0.3) is 0 Å². The van der Waals surface area contributed by atoms with Crippen LogP contribution in [0.1, 0.15) is 24.0 Å². The molecule has 0 unspecified atom stereocenters. The minimum absolute atomic E-state index is 0.525. The molecule has 0 aromatic heterocycles. The summed E-state index contributed by atoms with van der Waals surface area (Å²) in [4.78, 5) is 0. The number of aryl methyl sites for hydroxylation is 1. The number of hydrogen-bond acceptors (Lipinski definition) is 4. The summed E-state index contributed by atoms with van der Waals surface area (Å²) in [5.41, 5.74) is 2.21. The number of nitriles is 1. The van der Waals surface area contributed by atoms with Crippen molar-refractivity contribution in [2.24, 2.45) is 0 Å². The highest BCUT2D eigenvalue weighted by molar-refractivity contribution is 9.10. The van der Waals surface area contributed by atoms with Gasteiger partial charge in [-0.25, -0.2) is 0 Å². The zero-order chi connectivity index (χ0) is 14.8. The zero-order valence-corrected chi connectivity index (χ0v) is 13.6. The summed E-state index contributed by atoms with van der Waals surface area (Å²) in [5, 5.41) is 11.9. The number of unbranched alkanes of at least 4 members (excludes halogenated alkanes) is 1. The van der Waals surface area contributed by atoms with Gasteiger partial charge in [0, 0.05) is 36.7 Å². The first-order chi connectivity index (χ1) is 9.69. The predicted molar refractivity (Wildman–Crippen MR) is 82.8 cm³/mol. The lowest BCUT2D eigenvalue weighted by Crippen LogP contribution is -2.19. The molecule has 1 N–H and O–H groups in total. The van der Waals surface area contributed by atoms with E-state index in [4.69, 9.17) is 14.7 Å². The zero-order valence-electron chi connectivity index (χ0n) is 12.0. The molecule has 0 spiro atoms. The molecule has 0 saturated heterocycles. The smallest absolute Gasteiger partial charge is 0.126 e. The van der Waals surface area contributed by atoms with Crippen LogP contribution in [0.5, 0.6) is 5.75 Å². The van der Waals surface area contributed by atoms with Crippen molar-refractivity contribution < 1.29 is 9.47 Å². The van der Waals surface area contributed by atoms with Crippen molar-refractivity contribution in [3.05, 3.63) is 27.7 Å². The standard InChI is InChI=1S/C15H21BrN2O2/c1-12-9-14(16)10-13(11-18-6-8-19-2)15(12)20-7-4-3-5-17/h9-10,18H,3-4,6-8,11H2,1-2H3. The van der Waals surface area contributed by atoms with E-state index in [2.05, 4.69) is 33.4 Å². The highest BCUT2D eigenvalue weighted by atomic mass is 79.9. The number of nitrogens with zero attached hydrogens (tertiary/aromatic N) is 1. The van der Waals surface area contributed by atoms with Crippen LogP contribution in [-0.4, -0.2) is 26.9 Å². The Labute approximate surface area is 129 Å². The van der Waals surface area contributed by atoms with Gasteiger partial charge in [-0.2, -0.15) is 5.26 Å². The van der Waals surface area contributed by atoms with Crippen LogP contribution in [0.3, 0.4) is 0 Å². The molecular formula is C15H21BrN2O2. The first kappa shape index (κ1) is 17.0. The summed E-state index contributed by atoms with van der Waals surface area (Å²) in [5.74, 6) is 0.913. The maximum Gasteiger partial charge on any atom is 0.126 e. The second-order valence-electron chi connectivity index (χ2n) is 4.49. The average Bonchev–Trinajstić information content (AvgIpc) is 2.41. The minimum atomic E-state index is 0.525. The third kappa shape index (κ3) is 5.91. The lowest BCUT2D eigenvalue weighted by Gasteiger charge is -2.15. The van der Waals surface area contributed by atoms with Gasteiger partial charge in [0.25, 0.3) is 0 Å². The van der Waals surface area contributed by atoms with Crippen LogP contribution in [0.4, 0.5) is 0 Å². The van der Waals surface area contributed by atoms with Crippen molar-refractivity contribution >= 4 is 15.9 Å². The van der Waals surface area contributed by atoms with Crippen LogP contribution in [0, 0.1) is 18.3 Å². The van der Waals surface area contributed by atoms with Gasteiger partial charge in [0.15, 0.2) is 0 Å². The van der Waals surface area contributed by atoms with Crippen molar-refractivity contribution in [3.8, 4) is 11.8 Å². The maximum atomic E-state index is 8.54. The molecule has 0 saturated carbocycles. The van der Waals surface area contributed by atoms with Gasteiger partial charge >= 0.3 is 0 Å². The van der Waals surface area contributed by atoms with Crippen LogP contribution in [0.2, 0.25) is 0 Å². The highest BCUT2D eigenvalue weighted by Gasteiger charge is 2.09. The molecule has 1 aromatic carbocycles. The van der Waals surface area contributed by atoms with E-state index in [0.717, 1.165) is 40.9 Å². The number of benzene rings is 1. The lowest BCUT2D eigenvalue weighted by molar-refractivity contribution is 0.199. The molecule has 0 heterocycles.